The third-order valence-electron chi connectivity index (χ3n) is 5.59. The first-order valence-electron chi connectivity index (χ1n) is 11.4. The van der Waals surface area contributed by atoms with E-state index in [1.165, 1.54) is 0 Å². The zero-order valence-corrected chi connectivity index (χ0v) is 20.9. The van der Waals surface area contributed by atoms with Crippen LogP contribution >= 0.6 is 11.6 Å². The van der Waals surface area contributed by atoms with Crippen LogP contribution in [-0.4, -0.2) is 41.2 Å². The molecule has 0 saturated heterocycles. The summed E-state index contributed by atoms with van der Waals surface area (Å²) in [4.78, 5) is 37.6. The molecule has 1 heterocycles. The van der Waals surface area contributed by atoms with E-state index in [0.29, 0.717) is 17.2 Å². The highest BCUT2D eigenvalue weighted by molar-refractivity contribution is 6.33. The summed E-state index contributed by atoms with van der Waals surface area (Å²) in [5, 5.41) is 8.08. The molecule has 1 atom stereocenters. The number of fused-ring (bicyclic) bond motifs is 1. The molecule has 3 rings (SSSR count). The van der Waals surface area contributed by atoms with E-state index < -0.39 is 17.9 Å². The standard InChI is InChI=1S/C26H29ClN4O4/c1-5-35-23(32)15-31-17(4)20(18-10-7-9-13-22(18)31)14-28-30-26(34)24(16(2)3)29-25(33)19-11-6-8-12-21(19)27/h6-14,16,24H,5,15H2,1-4H3,(H,29,33)(H,30,34). The number of carbonyl (C=O) groups excluding carboxylic acids is 3. The summed E-state index contributed by atoms with van der Waals surface area (Å²) in [6, 6.07) is 13.5. The van der Waals surface area contributed by atoms with Gasteiger partial charge in [0.05, 0.1) is 23.4 Å². The molecule has 184 valence electrons. The lowest BCUT2D eigenvalue weighted by Gasteiger charge is -2.20. The van der Waals surface area contributed by atoms with Crippen molar-refractivity contribution < 1.29 is 19.1 Å². The topological polar surface area (TPSA) is 102 Å². The monoisotopic (exact) mass is 496 g/mol. The smallest absolute Gasteiger partial charge is 0.325 e. The molecule has 2 amide bonds. The molecule has 0 fully saturated rings. The molecule has 1 unspecified atom stereocenters. The van der Waals surface area contributed by atoms with E-state index >= 15 is 0 Å². The maximum atomic E-state index is 12.9. The zero-order valence-electron chi connectivity index (χ0n) is 20.2. The van der Waals surface area contributed by atoms with E-state index in [0.717, 1.165) is 22.2 Å². The van der Waals surface area contributed by atoms with Gasteiger partial charge in [0, 0.05) is 22.2 Å². The minimum absolute atomic E-state index is 0.0733. The fourth-order valence-corrected chi connectivity index (χ4v) is 4.01. The predicted molar refractivity (Wildman–Crippen MR) is 137 cm³/mol. The largest absolute Gasteiger partial charge is 0.465 e. The normalized spacial score (nSPS) is 12.2. The number of esters is 1. The Morgan fingerprint density at radius 2 is 1.80 bits per heavy atom. The molecule has 0 aliphatic heterocycles. The Labute approximate surface area is 209 Å². The van der Waals surface area contributed by atoms with Crippen molar-refractivity contribution in [3.8, 4) is 0 Å². The number of aromatic nitrogens is 1. The van der Waals surface area contributed by atoms with Gasteiger partial charge in [-0.05, 0) is 38.0 Å². The lowest BCUT2D eigenvalue weighted by atomic mass is 10.0. The number of hydrogen-bond donors (Lipinski definition) is 2. The minimum Gasteiger partial charge on any atom is -0.465 e. The lowest BCUT2D eigenvalue weighted by molar-refractivity contribution is -0.143. The van der Waals surface area contributed by atoms with Gasteiger partial charge in [0.1, 0.15) is 12.6 Å². The Bertz CT molecular complexity index is 1270. The number of hydrogen-bond acceptors (Lipinski definition) is 5. The van der Waals surface area contributed by atoms with Crippen molar-refractivity contribution in [1.82, 2.24) is 15.3 Å². The molecular formula is C26H29ClN4O4. The molecular weight excluding hydrogens is 468 g/mol. The highest BCUT2D eigenvalue weighted by Gasteiger charge is 2.25. The SMILES string of the molecule is CCOC(=O)Cn1c(C)c(C=NNC(=O)C(NC(=O)c2ccccc2Cl)C(C)C)c2ccccc21. The molecule has 2 N–H and O–H groups in total. The number of hydrazone groups is 1. The number of carbonyl (C=O) groups is 3. The molecule has 1 aromatic heterocycles. The Morgan fingerprint density at radius 3 is 2.49 bits per heavy atom. The summed E-state index contributed by atoms with van der Waals surface area (Å²) in [5.74, 6) is -1.41. The van der Waals surface area contributed by atoms with Crippen LogP contribution in [0.5, 0.6) is 0 Å². The van der Waals surface area contributed by atoms with Crippen LogP contribution in [0.2, 0.25) is 5.02 Å². The second-order valence-electron chi connectivity index (χ2n) is 8.32. The van der Waals surface area contributed by atoms with Gasteiger partial charge in [0.25, 0.3) is 11.8 Å². The van der Waals surface area contributed by atoms with E-state index in [-0.39, 0.29) is 18.4 Å². The summed E-state index contributed by atoms with van der Waals surface area (Å²) < 4.78 is 6.96. The second kappa shape index (κ2) is 11.7. The molecule has 8 nitrogen and oxygen atoms in total. The summed E-state index contributed by atoms with van der Waals surface area (Å²) in [5.41, 5.74) is 5.26. The molecule has 3 aromatic rings. The first-order chi connectivity index (χ1) is 16.7. The molecule has 0 radical (unpaired) electrons. The van der Waals surface area contributed by atoms with Gasteiger partial charge >= 0.3 is 5.97 Å². The molecule has 0 bridgehead atoms. The van der Waals surface area contributed by atoms with Crippen molar-refractivity contribution in [3.63, 3.8) is 0 Å². The van der Waals surface area contributed by atoms with Gasteiger partial charge in [-0.1, -0.05) is 55.8 Å². The Morgan fingerprint density at radius 1 is 1.11 bits per heavy atom. The van der Waals surface area contributed by atoms with Gasteiger partial charge in [-0.25, -0.2) is 5.43 Å². The van der Waals surface area contributed by atoms with E-state index in [2.05, 4.69) is 15.8 Å². The van der Waals surface area contributed by atoms with Gasteiger partial charge in [0.2, 0.25) is 0 Å². The van der Waals surface area contributed by atoms with Crippen molar-refractivity contribution in [3.05, 3.63) is 70.4 Å². The molecule has 35 heavy (non-hydrogen) atoms. The maximum Gasteiger partial charge on any atom is 0.325 e. The van der Waals surface area contributed by atoms with E-state index in [4.69, 9.17) is 16.3 Å². The first kappa shape index (κ1) is 26.0. The summed E-state index contributed by atoms with van der Waals surface area (Å²) in [7, 11) is 0. The summed E-state index contributed by atoms with van der Waals surface area (Å²) in [6.07, 6.45) is 1.55. The number of para-hydroxylation sites is 1. The number of halogens is 1. The Balaban J connectivity index is 1.78. The third-order valence-corrected chi connectivity index (χ3v) is 5.92. The highest BCUT2D eigenvalue weighted by Crippen LogP contribution is 2.24. The number of nitrogens with zero attached hydrogens (tertiary/aromatic N) is 2. The van der Waals surface area contributed by atoms with Crippen LogP contribution < -0.4 is 10.7 Å². The van der Waals surface area contributed by atoms with Gasteiger partial charge in [-0.3, -0.25) is 14.4 Å². The van der Waals surface area contributed by atoms with Crippen LogP contribution in [0, 0.1) is 12.8 Å². The zero-order chi connectivity index (χ0) is 25.5. The lowest BCUT2D eigenvalue weighted by Crippen LogP contribution is -2.48. The van der Waals surface area contributed by atoms with E-state index in [1.807, 2.05) is 49.6 Å². The third kappa shape index (κ3) is 6.08. The highest BCUT2D eigenvalue weighted by atomic mass is 35.5. The Hall–Kier alpha value is -3.65. The molecule has 0 saturated carbocycles. The number of rotatable bonds is 9. The molecule has 0 spiro atoms. The van der Waals surface area contributed by atoms with Gasteiger partial charge < -0.3 is 14.6 Å². The summed E-state index contributed by atoms with van der Waals surface area (Å²) >= 11 is 6.11. The quantitative estimate of drug-likeness (QED) is 0.265. The van der Waals surface area contributed by atoms with Crippen molar-refractivity contribution in [2.24, 2.45) is 11.0 Å². The molecule has 9 heteroatoms. The van der Waals surface area contributed by atoms with Gasteiger partial charge in [-0.2, -0.15) is 5.10 Å². The molecule has 0 aliphatic carbocycles. The fraction of sp³-hybridized carbons (Fsp3) is 0.308. The first-order valence-corrected chi connectivity index (χ1v) is 11.7. The average Bonchev–Trinajstić information content (AvgIpc) is 3.08. The average molecular weight is 497 g/mol. The number of benzene rings is 2. The number of nitrogens with one attached hydrogen (secondary N) is 2. The summed E-state index contributed by atoms with van der Waals surface area (Å²) in [6.45, 7) is 7.68. The van der Waals surface area contributed by atoms with Gasteiger partial charge in [-0.15, -0.1) is 0 Å². The van der Waals surface area contributed by atoms with Crippen molar-refractivity contribution in [2.45, 2.75) is 40.3 Å². The number of amides is 2. The fourth-order valence-electron chi connectivity index (χ4n) is 3.79. The maximum absolute atomic E-state index is 12.9. The van der Waals surface area contributed by atoms with E-state index in [1.54, 1.807) is 37.4 Å². The van der Waals surface area contributed by atoms with Crippen LogP contribution in [0.3, 0.4) is 0 Å². The van der Waals surface area contributed by atoms with Crippen LogP contribution in [0.15, 0.2) is 53.6 Å². The van der Waals surface area contributed by atoms with Crippen molar-refractivity contribution in [2.75, 3.05) is 6.61 Å². The van der Waals surface area contributed by atoms with Crippen LogP contribution in [0.4, 0.5) is 0 Å². The molecule has 0 aliphatic rings. The van der Waals surface area contributed by atoms with Crippen LogP contribution in [0.25, 0.3) is 10.9 Å². The Kier molecular flexibility index (Phi) is 8.65. The van der Waals surface area contributed by atoms with Gasteiger partial charge in [0.15, 0.2) is 0 Å². The van der Waals surface area contributed by atoms with Crippen LogP contribution in [0.1, 0.15) is 42.4 Å². The van der Waals surface area contributed by atoms with Crippen molar-refractivity contribution in [1.29, 1.82) is 0 Å². The van der Waals surface area contributed by atoms with Crippen molar-refractivity contribution >= 4 is 46.5 Å². The van der Waals surface area contributed by atoms with E-state index in [9.17, 15) is 14.4 Å². The predicted octanol–water partition coefficient (Wildman–Crippen LogP) is 4.07. The van der Waals surface area contributed by atoms with Crippen LogP contribution in [-0.2, 0) is 20.9 Å². The second-order valence-corrected chi connectivity index (χ2v) is 8.72. The molecule has 2 aromatic carbocycles. The number of ether oxygens (including phenoxy) is 1. The minimum atomic E-state index is -0.817.